The third kappa shape index (κ3) is 3.31. The third-order valence-electron chi connectivity index (χ3n) is 2.52. The van der Waals surface area contributed by atoms with Crippen LogP contribution < -0.4 is 4.72 Å². The Morgan fingerprint density at radius 1 is 1.37 bits per heavy atom. The minimum Gasteiger partial charge on any atom is -0.396 e. The van der Waals surface area contributed by atoms with Gasteiger partial charge in [0.05, 0.1) is 5.69 Å². The first-order valence-electron chi connectivity index (χ1n) is 5.66. The first kappa shape index (κ1) is 14.0. The molecule has 2 rings (SSSR count). The maximum absolute atomic E-state index is 12.2. The number of pyridine rings is 1. The molecule has 2 aromatic rings. The van der Waals surface area contributed by atoms with Crippen molar-refractivity contribution in [2.75, 3.05) is 11.3 Å². The minimum atomic E-state index is -3.57. The molecule has 0 aliphatic heterocycles. The van der Waals surface area contributed by atoms with Crippen LogP contribution in [0.3, 0.4) is 0 Å². The van der Waals surface area contributed by atoms with Crippen molar-refractivity contribution in [2.24, 2.45) is 0 Å². The van der Waals surface area contributed by atoms with Gasteiger partial charge in [0.15, 0.2) is 0 Å². The summed E-state index contributed by atoms with van der Waals surface area (Å²) < 4.78 is 27.2. The number of anilines is 1. The molecule has 0 fully saturated rings. The monoisotopic (exact) mass is 298 g/mol. The van der Waals surface area contributed by atoms with Crippen LogP contribution in [0.5, 0.6) is 0 Å². The molecule has 0 amide bonds. The standard InChI is InChI=1S/C12H14N2O3S2/c1-9-8-13-6-4-11(9)14-19(16,17)12-3-2-10(18-12)5-7-15/h2-4,6,8,15H,5,7H2,1H3,(H,13,14). The van der Waals surface area contributed by atoms with E-state index < -0.39 is 10.0 Å². The van der Waals surface area contributed by atoms with Crippen LogP contribution in [0.1, 0.15) is 10.4 Å². The summed E-state index contributed by atoms with van der Waals surface area (Å²) in [5.41, 5.74) is 1.28. The van der Waals surface area contributed by atoms with Gasteiger partial charge < -0.3 is 5.11 Å². The van der Waals surface area contributed by atoms with Crippen molar-refractivity contribution in [3.63, 3.8) is 0 Å². The molecule has 0 saturated heterocycles. The van der Waals surface area contributed by atoms with Gasteiger partial charge >= 0.3 is 0 Å². The lowest BCUT2D eigenvalue weighted by Crippen LogP contribution is -2.12. The number of rotatable bonds is 5. The molecular formula is C12H14N2O3S2. The van der Waals surface area contributed by atoms with Crippen molar-refractivity contribution >= 4 is 27.0 Å². The van der Waals surface area contributed by atoms with E-state index in [1.807, 2.05) is 0 Å². The maximum atomic E-state index is 12.2. The molecule has 0 bridgehead atoms. The first-order valence-corrected chi connectivity index (χ1v) is 7.96. The van der Waals surface area contributed by atoms with E-state index in [1.54, 1.807) is 31.3 Å². The lowest BCUT2D eigenvalue weighted by Gasteiger charge is -2.08. The average molecular weight is 298 g/mol. The van der Waals surface area contributed by atoms with Crippen molar-refractivity contribution in [2.45, 2.75) is 17.6 Å². The fraction of sp³-hybridized carbons (Fsp3) is 0.250. The molecule has 0 radical (unpaired) electrons. The molecule has 5 nitrogen and oxygen atoms in total. The Labute approximate surface area is 116 Å². The molecule has 0 aromatic carbocycles. The number of aliphatic hydroxyl groups excluding tert-OH is 1. The molecule has 7 heteroatoms. The van der Waals surface area contributed by atoms with Crippen LogP contribution in [0.4, 0.5) is 5.69 Å². The first-order chi connectivity index (χ1) is 9.03. The highest BCUT2D eigenvalue weighted by Gasteiger charge is 2.17. The van der Waals surface area contributed by atoms with E-state index in [2.05, 4.69) is 9.71 Å². The molecule has 0 saturated carbocycles. The number of aromatic nitrogens is 1. The minimum absolute atomic E-state index is 0.0108. The van der Waals surface area contributed by atoms with Crippen LogP contribution in [-0.2, 0) is 16.4 Å². The van der Waals surface area contributed by atoms with Crippen LogP contribution in [0, 0.1) is 6.92 Å². The van der Waals surface area contributed by atoms with Crippen LogP contribution in [0.15, 0.2) is 34.8 Å². The maximum Gasteiger partial charge on any atom is 0.271 e. The quantitative estimate of drug-likeness (QED) is 0.882. The normalized spacial score (nSPS) is 11.5. The molecule has 102 valence electrons. The lowest BCUT2D eigenvalue weighted by molar-refractivity contribution is 0.300. The molecule has 2 heterocycles. The van der Waals surface area contributed by atoms with Crippen molar-refractivity contribution in [3.8, 4) is 0 Å². The Balaban J connectivity index is 2.25. The van der Waals surface area contributed by atoms with Gasteiger partial charge in [0.2, 0.25) is 0 Å². The van der Waals surface area contributed by atoms with Gasteiger partial charge in [0.1, 0.15) is 4.21 Å². The molecule has 0 aliphatic carbocycles. The second kappa shape index (κ2) is 5.68. The highest BCUT2D eigenvalue weighted by atomic mass is 32.2. The zero-order valence-electron chi connectivity index (χ0n) is 10.3. The van der Waals surface area contributed by atoms with Crippen molar-refractivity contribution in [1.29, 1.82) is 0 Å². The largest absolute Gasteiger partial charge is 0.396 e. The van der Waals surface area contributed by atoms with E-state index in [0.29, 0.717) is 12.1 Å². The van der Waals surface area contributed by atoms with Crippen molar-refractivity contribution in [3.05, 3.63) is 41.0 Å². The zero-order chi connectivity index (χ0) is 13.9. The number of hydrogen-bond donors (Lipinski definition) is 2. The fourth-order valence-corrected chi connectivity index (χ4v) is 4.01. The Hall–Kier alpha value is -1.44. The van der Waals surface area contributed by atoms with Crippen molar-refractivity contribution < 1.29 is 13.5 Å². The summed E-state index contributed by atoms with van der Waals surface area (Å²) in [5, 5.41) is 8.84. The SMILES string of the molecule is Cc1cnccc1NS(=O)(=O)c1ccc(CCO)s1. The van der Waals surface area contributed by atoms with Gasteiger partial charge in [-0.3, -0.25) is 9.71 Å². The predicted octanol–water partition coefficient (Wildman–Crippen LogP) is 1.79. The molecule has 2 N–H and O–H groups in total. The molecule has 2 aromatic heterocycles. The number of thiophene rings is 1. The van der Waals surface area contributed by atoms with Gasteiger partial charge in [-0.15, -0.1) is 11.3 Å². The van der Waals surface area contributed by atoms with E-state index in [1.165, 1.54) is 6.20 Å². The summed E-state index contributed by atoms with van der Waals surface area (Å²) in [6.45, 7) is 1.80. The van der Waals surface area contributed by atoms with Crippen LogP contribution in [0.25, 0.3) is 0 Å². The van der Waals surface area contributed by atoms with E-state index in [4.69, 9.17) is 5.11 Å². The third-order valence-corrected chi connectivity index (χ3v) is 5.53. The summed E-state index contributed by atoms with van der Waals surface area (Å²) in [4.78, 5) is 4.76. The number of nitrogens with zero attached hydrogens (tertiary/aromatic N) is 1. The average Bonchev–Trinajstić information content (AvgIpc) is 2.82. The van der Waals surface area contributed by atoms with E-state index in [0.717, 1.165) is 21.8 Å². The summed E-state index contributed by atoms with van der Waals surface area (Å²) in [6.07, 6.45) is 3.61. The Kier molecular flexibility index (Phi) is 4.18. The van der Waals surface area contributed by atoms with Crippen molar-refractivity contribution in [1.82, 2.24) is 4.98 Å². The van der Waals surface area contributed by atoms with Gasteiger partial charge in [-0.25, -0.2) is 8.42 Å². The fourth-order valence-electron chi connectivity index (χ4n) is 1.53. The number of hydrogen-bond acceptors (Lipinski definition) is 5. The van der Waals surface area contributed by atoms with E-state index in [9.17, 15) is 8.42 Å². The second-order valence-electron chi connectivity index (χ2n) is 3.99. The van der Waals surface area contributed by atoms with E-state index >= 15 is 0 Å². The topological polar surface area (TPSA) is 79.3 Å². The molecule has 0 atom stereocenters. The molecule has 19 heavy (non-hydrogen) atoms. The summed E-state index contributed by atoms with van der Waals surface area (Å²) in [7, 11) is -3.57. The number of sulfonamides is 1. The number of nitrogens with one attached hydrogen (secondary N) is 1. The van der Waals surface area contributed by atoms with Gasteiger partial charge in [0.25, 0.3) is 10.0 Å². The van der Waals surface area contributed by atoms with Gasteiger partial charge in [-0.05, 0) is 30.7 Å². The van der Waals surface area contributed by atoms with Gasteiger partial charge in [-0.2, -0.15) is 0 Å². The molecule has 0 spiro atoms. The predicted molar refractivity (Wildman–Crippen MR) is 74.9 cm³/mol. The Bertz CT molecular complexity index is 665. The highest BCUT2D eigenvalue weighted by Crippen LogP contribution is 2.25. The Morgan fingerprint density at radius 3 is 2.84 bits per heavy atom. The molecule has 0 aliphatic rings. The number of aliphatic hydroxyl groups is 1. The number of aryl methyl sites for hydroxylation is 1. The second-order valence-corrected chi connectivity index (χ2v) is 7.07. The lowest BCUT2D eigenvalue weighted by atomic mass is 10.3. The summed E-state index contributed by atoms with van der Waals surface area (Å²) in [6, 6.07) is 4.89. The van der Waals surface area contributed by atoms with Crippen LogP contribution >= 0.6 is 11.3 Å². The molecule has 0 unspecified atom stereocenters. The zero-order valence-corrected chi connectivity index (χ0v) is 12.0. The highest BCUT2D eigenvalue weighted by molar-refractivity contribution is 7.94. The van der Waals surface area contributed by atoms with Gasteiger partial charge in [-0.1, -0.05) is 0 Å². The van der Waals surface area contributed by atoms with E-state index in [-0.39, 0.29) is 10.8 Å². The summed E-state index contributed by atoms with van der Waals surface area (Å²) >= 11 is 1.16. The summed E-state index contributed by atoms with van der Waals surface area (Å²) in [5.74, 6) is 0. The smallest absolute Gasteiger partial charge is 0.271 e. The van der Waals surface area contributed by atoms with Crippen LogP contribution in [0.2, 0.25) is 0 Å². The van der Waals surface area contributed by atoms with Crippen LogP contribution in [-0.4, -0.2) is 25.1 Å². The molecular weight excluding hydrogens is 284 g/mol. The Morgan fingerprint density at radius 2 is 2.16 bits per heavy atom. The van der Waals surface area contributed by atoms with Gasteiger partial charge in [0, 0.05) is 30.3 Å².